The van der Waals surface area contributed by atoms with Crippen LogP contribution in [0.25, 0.3) is 11.0 Å². The van der Waals surface area contributed by atoms with E-state index in [1.807, 2.05) is 49.4 Å². The Morgan fingerprint density at radius 2 is 1.81 bits per heavy atom. The molecule has 0 fully saturated rings. The summed E-state index contributed by atoms with van der Waals surface area (Å²) in [6.45, 7) is 2.60. The molecule has 140 valence electrons. The highest BCUT2D eigenvalue weighted by Crippen LogP contribution is 2.19. The Hall–Kier alpha value is -3.28. The van der Waals surface area contributed by atoms with Crippen molar-refractivity contribution < 1.29 is 23.5 Å². The first kappa shape index (κ1) is 18.5. The van der Waals surface area contributed by atoms with Gasteiger partial charge in [-0.1, -0.05) is 30.3 Å². The number of carbonyl (C=O) groups excluding carboxylic acids is 2. The van der Waals surface area contributed by atoms with Crippen molar-refractivity contribution in [2.75, 3.05) is 20.3 Å². The predicted molar refractivity (Wildman–Crippen MR) is 101 cm³/mol. The first-order valence-electron chi connectivity index (χ1n) is 8.68. The number of rotatable bonds is 7. The highest BCUT2D eigenvalue weighted by Gasteiger charge is 2.17. The smallest absolute Gasteiger partial charge is 0.374 e. The van der Waals surface area contributed by atoms with E-state index in [4.69, 9.17) is 13.9 Å². The monoisotopic (exact) mass is 367 g/mol. The number of amides is 1. The topological polar surface area (TPSA) is 69.0 Å². The van der Waals surface area contributed by atoms with Crippen LogP contribution in [0.15, 0.2) is 59.0 Å². The molecule has 0 aliphatic rings. The summed E-state index contributed by atoms with van der Waals surface area (Å²) in [5.74, 6) is -0.0875. The number of furan rings is 1. The lowest BCUT2D eigenvalue weighted by Crippen LogP contribution is -2.30. The van der Waals surface area contributed by atoms with E-state index in [1.165, 1.54) is 4.90 Å². The Balaban J connectivity index is 1.52. The van der Waals surface area contributed by atoms with Crippen molar-refractivity contribution in [2.24, 2.45) is 0 Å². The molecule has 0 atom stereocenters. The Kier molecular flexibility index (Phi) is 5.76. The van der Waals surface area contributed by atoms with Crippen molar-refractivity contribution in [2.45, 2.75) is 13.5 Å². The minimum absolute atomic E-state index is 0.0816. The molecule has 6 nitrogen and oxygen atoms in total. The molecule has 6 heteroatoms. The van der Waals surface area contributed by atoms with Crippen LogP contribution < -0.4 is 4.74 Å². The van der Waals surface area contributed by atoms with Crippen molar-refractivity contribution >= 4 is 22.8 Å². The number of hydrogen-bond acceptors (Lipinski definition) is 5. The van der Waals surface area contributed by atoms with E-state index in [0.29, 0.717) is 18.7 Å². The molecule has 0 radical (unpaired) electrons. The Morgan fingerprint density at radius 3 is 2.52 bits per heavy atom. The molecule has 3 rings (SSSR count). The fraction of sp³-hybridized carbons (Fsp3) is 0.238. The molecular weight excluding hydrogens is 346 g/mol. The number of benzene rings is 2. The minimum Gasteiger partial charge on any atom is -0.494 e. The second-order valence-corrected chi connectivity index (χ2v) is 6.05. The number of nitrogens with zero attached hydrogens (tertiary/aromatic N) is 1. The maximum Gasteiger partial charge on any atom is 0.374 e. The van der Waals surface area contributed by atoms with Gasteiger partial charge in [0.1, 0.15) is 11.3 Å². The van der Waals surface area contributed by atoms with E-state index in [9.17, 15) is 9.59 Å². The van der Waals surface area contributed by atoms with Crippen LogP contribution in [0.4, 0.5) is 0 Å². The summed E-state index contributed by atoms with van der Waals surface area (Å²) in [6.07, 6.45) is 0. The van der Waals surface area contributed by atoms with E-state index in [0.717, 1.165) is 16.7 Å². The Labute approximate surface area is 157 Å². The number of esters is 1. The Bertz CT molecular complexity index is 896. The van der Waals surface area contributed by atoms with E-state index < -0.39 is 5.97 Å². The molecule has 0 unspecified atom stereocenters. The Morgan fingerprint density at radius 1 is 1.07 bits per heavy atom. The molecule has 3 aromatic rings. The van der Waals surface area contributed by atoms with Crippen LogP contribution in [-0.4, -0.2) is 37.0 Å². The fourth-order valence-corrected chi connectivity index (χ4v) is 2.61. The molecule has 27 heavy (non-hydrogen) atoms. The maximum atomic E-state index is 12.2. The van der Waals surface area contributed by atoms with Gasteiger partial charge in [0.05, 0.1) is 6.61 Å². The lowest BCUT2D eigenvalue weighted by molar-refractivity contribution is -0.133. The quantitative estimate of drug-likeness (QED) is 0.596. The molecule has 0 spiro atoms. The summed E-state index contributed by atoms with van der Waals surface area (Å²) in [6, 6.07) is 16.4. The minimum atomic E-state index is -0.658. The number of likely N-dealkylation sites (N-methyl/N-ethyl adjacent to an activating group) is 1. The van der Waals surface area contributed by atoms with Gasteiger partial charge in [0.25, 0.3) is 5.91 Å². The van der Waals surface area contributed by atoms with Crippen LogP contribution in [0, 0.1) is 0 Å². The SMILES string of the molecule is CCOc1ccc(CN(C)C(=O)COC(=O)c2cc3ccccc3o2)cc1. The number of para-hydroxylation sites is 1. The second-order valence-electron chi connectivity index (χ2n) is 6.05. The fourth-order valence-electron chi connectivity index (χ4n) is 2.61. The zero-order valence-corrected chi connectivity index (χ0v) is 15.3. The van der Waals surface area contributed by atoms with Gasteiger partial charge in [0, 0.05) is 19.0 Å². The molecule has 1 heterocycles. The molecule has 1 amide bonds. The zero-order valence-electron chi connectivity index (χ0n) is 15.3. The summed E-state index contributed by atoms with van der Waals surface area (Å²) in [7, 11) is 1.66. The van der Waals surface area contributed by atoms with Gasteiger partial charge in [-0.2, -0.15) is 0 Å². The highest BCUT2D eigenvalue weighted by atomic mass is 16.5. The number of fused-ring (bicyclic) bond motifs is 1. The first-order chi connectivity index (χ1) is 13.1. The molecule has 1 aromatic heterocycles. The lowest BCUT2D eigenvalue weighted by Gasteiger charge is -2.17. The third-order valence-corrected chi connectivity index (χ3v) is 4.03. The highest BCUT2D eigenvalue weighted by molar-refractivity contribution is 5.93. The summed E-state index contributed by atoms with van der Waals surface area (Å²) in [5.41, 5.74) is 1.56. The largest absolute Gasteiger partial charge is 0.494 e. The van der Waals surface area contributed by atoms with Gasteiger partial charge in [-0.15, -0.1) is 0 Å². The molecule has 0 saturated heterocycles. The van der Waals surface area contributed by atoms with E-state index in [2.05, 4.69) is 0 Å². The van der Waals surface area contributed by atoms with Crippen molar-refractivity contribution in [1.82, 2.24) is 4.90 Å². The predicted octanol–water partition coefficient (Wildman–Crippen LogP) is 3.65. The lowest BCUT2D eigenvalue weighted by atomic mass is 10.2. The molecular formula is C21H21NO5. The third-order valence-electron chi connectivity index (χ3n) is 4.03. The van der Waals surface area contributed by atoms with Crippen LogP contribution in [0.5, 0.6) is 5.75 Å². The van der Waals surface area contributed by atoms with Gasteiger partial charge in [-0.25, -0.2) is 4.79 Å². The van der Waals surface area contributed by atoms with Crippen molar-refractivity contribution in [3.8, 4) is 5.75 Å². The van der Waals surface area contributed by atoms with Gasteiger partial charge < -0.3 is 18.8 Å². The molecule has 0 bridgehead atoms. The van der Waals surface area contributed by atoms with Gasteiger partial charge in [0.2, 0.25) is 5.76 Å². The zero-order chi connectivity index (χ0) is 19.2. The molecule has 2 aromatic carbocycles. The van der Waals surface area contributed by atoms with E-state index in [1.54, 1.807) is 19.2 Å². The molecule has 0 aliphatic heterocycles. The van der Waals surface area contributed by atoms with Gasteiger partial charge >= 0.3 is 5.97 Å². The van der Waals surface area contributed by atoms with Crippen molar-refractivity contribution in [3.63, 3.8) is 0 Å². The van der Waals surface area contributed by atoms with Crippen molar-refractivity contribution in [1.29, 1.82) is 0 Å². The number of hydrogen-bond donors (Lipinski definition) is 0. The molecule has 0 N–H and O–H groups in total. The summed E-state index contributed by atoms with van der Waals surface area (Å²) in [5, 5.41) is 0.809. The van der Waals surface area contributed by atoms with Crippen LogP contribution in [0.3, 0.4) is 0 Å². The van der Waals surface area contributed by atoms with Gasteiger partial charge in [-0.05, 0) is 36.8 Å². The number of ether oxygens (including phenoxy) is 2. The molecule has 0 saturated carbocycles. The second kappa shape index (κ2) is 8.40. The van der Waals surface area contributed by atoms with Gasteiger partial charge in [-0.3, -0.25) is 4.79 Å². The van der Waals surface area contributed by atoms with Gasteiger partial charge in [0.15, 0.2) is 6.61 Å². The van der Waals surface area contributed by atoms with Crippen molar-refractivity contribution in [3.05, 3.63) is 65.9 Å². The first-order valence-corrected chi connectivity index (χ1v) is 8.68. The maximum absolute atomic E-state index is 12.2. The van der Waals surface area contributed by atoms with E-state index >= 15 is 0 Å². The summed E-state index contributed by atoms with van der Waals surface area (Å²) < 4.78 is 15.9. The van der Waals surface area contributed by atoms with Crippen LogP contribution >= 0.6 is 0 Å². The van der Waals surface area contributed by atoms with Crippen LogP contribution in [0.1, 0.15) is 23.0 Å². The normalized spacial score (nSPS) is 10.6. The van der Waals surface area contributed by atoms with E-state index in [-0.39, 0.29) is 18.3 Å². The van der Waals surface area contributed by atoms with Crippen LogP contribution in [0.2, 0.25) is 0 Å². The average Bonchev–Trinajstić information content (AvgIpc) is 3.12. The van der Waals surface area contributed by atoms with Crippen LogP contribution in [-0.2, 0) is 16.1 Å². The average molecular weight is 367 g/mol. The summed E-state index contributed by atoms with van der Waals surface area (Å²) in [4.78, 5) is 25.8. The third kappa shape index (κ3) is 4.67. The molecule has 0 aliphatic carbocycles. The standard InChI is InChI=1S/C21H21NO5/c1-3-25-17-10-8-15(9-11-17)13-22(2)20(23)14-26-21(24)19-12-16-6-4-5-7-18(16)27-19/h4-12H,3,13-14H2,1-2H3. The summed E-state index contributed by atoms with van der Waals surface area (Å²) >= 11 is 0. The number of carbonyl (C=O) groups is 2.